The summed E-state index contributed by atoms with van der Waals surface area (Å²) in [5.74, 6) is 0.182. The van der Waals surface area contributed by atoms with Crippen LogP contribution in [0, 0.1) is 11.3 Å². The molecular weight excluding hydrogens is 324 g/mol. The first-order valence-electron chi connectivity index (χ1n) is 9.97. The van der Waals surface area contributed by atoms with E-state index >= 15 is 0 Å². The van der Waals surface area contributed by atoms with Gasteiger partial charge >= 0.3 is 0 Å². The van der Waals surface area contributed by atoms with Crippen molar-refractivity contribution in [3.63, 3.8) is 0 Å². The highest BCUT2D eigenvalue weighted by atomic mass is 28.2. The highest BCUT2D eigenvalue weighted by Gasteiger charge is 2.39. The Balaban J connectivity index is 2.18. The van der Waals surface area contributed by atoms with Crippen molar-refractivity contribution < 1.29 is 9.53 Å². The molecule has 0 saturated heterocycles. The lowest BCUT2D eigenvalue weighted by Crippen LogP contribution is -2.42. The van der Waals surface area contributed by atoms with Gasteiger partial charge in [0.2, 0.25) is 0 Å². The van der Waals surface area contributed by atoms with Crippen LogP contribution in [0.3, 0.4) is 0 Å². The molecule has 1 aromatic carbocycles. The zero-order valence-electron chi connectivity index (χ0n) is 17.4. The third kappa shape index (κ3) is 5.41. The second-order valence-electron chi connectivity index (χ2n) is 9.79. The van der Waals surface area contributed by atoms with Crippen molar-refractivity contribution in [1.29, 1.82) is 0 Å². The fraction of sp³-hybridized carbons (Fsp3) is 0.727. The summed E-state index contributed by atoms with van der Waals surface area (Å²) in [5.41, 5.74) is 4.50. The van der Waals surface area contributed by atoms with Crippen molar-refractivity contribution >= 4 is 9.76 Å². The topological polar surface area (TPSA) is 29.5 Å². The Bertz CT molecular complexity index is 574. The SMILES string of the molecule is CCC(C)[SiH2]OC(C)(C)C1CCc2ccc(CC(C)(C)C)cc2C1O. The Morgan fingerprint density at radius 3 is 2.52 bits per heavy atom. The molecule has 2 rings (SSSR count). The van der Waals surface area contributed by atoms with Gasteiger partial charge < -0.3 is 9.53 Å². The number of benzene rings is 1. The van der Waals surface area contributed by atoms with Gasteiger partial charge in [0.15, 0.2) is 9.76 Å². The smallest absolute Gasteiger partial charge is 0.165 e. The third-order valence-electron chi connectivity index (χ3n) is 5.70. The highest BCUT2D eigenvalue weighted by Crippen LogP contribution is 2.42. The number of aliphatic hydroxyl groups is 1. The van der Waals surface area contributed by atoms with Gasteiger partial charge in [0.25, 0.3) is 0 Å². The van der Waals surface area contributed by atoms with Crippen molar-refractivity contribution in [3.8, 4) is 0 Å². The molecule has 0 aromatic heterocycles. The lowest BCUT2D eigenvalue weighted by Gasteiger charge is -2.42. The quantitative estimate of drug-likeness (QED) is 0.724. The van der Waals surface area contributed by atoms with Crippen molar-refractivity contribution in [2.24, 2.45) is 11.3 Å². The van der Waals surface area contributed by atoms with Crippen LogP contribution >= 0.6 is 0 Å². The van der Waals surface area contributed by atoms with Crippen LogP contribution in [-0.2, 0) is 17.3 Å². The minimum absolute atomic E-state index is 0.182. The minimum Gasteiger partial charge on any atom is -0.418 e. The van der Waals surface area contributed by atoms with Gasteiger partial charge in [-0.05, 0) is 60.8 Å². The molecule has 25 heavy (non-hydrogen) atoms. The molecule has 2 nitrogen and oxygen atoms in total. The first-order chi connectivity index (χ1) is 11.5. The van der Waals surface area contributed by atoms with Crippen molar-refractivity contribution in [2.75, 3.05) is 0 Å². The molecule has 1 aromatic rings. The predicted molar refractivity (Wildman–Crippen MR) is 110 cm³/mol. The van der Waals surface area contributed by atoms with Gasteiger partial charge in [-0.25, -0.2) is 0 Å². The molecule has 3 unspecified atom stereocenters. The number of rotatable bonds is 6. The van der Waals surface area contributed by atoms with E-state index in [1.807, 2.05) is 0 Å². The molecule has 1 aliphatic rings. The highest BCUT2D eigenvalue weighted by molar-refractivity contribution is 6.29. The normalized spacial score (nSPS) is 23.0. The zero-order valence-corrected chi connectivity index (χ0v) is 18.8. The number of hydrogen-bond donors (Lipinski definition) is 1. The zero-order chi connectivity index (χ0) is 18.8. The second kappa shape index (κ2) is 7.94. The van der Waals surface area contributed by atoms with Crippen LogP contribution in [0.2, 0.25) is 5.54 Å². The maximum Gasteiger partial charge on any atom is 0.165 e. The average Bonchev–Trinajstić information content (AvgIpc) is 2.51. The van der Waals surface area contributed by atoms with E-state index in [1.54, 1.807) is 0 Å². The molecule has 142 valence electrons. The van der Waals surface area contributed by atoms with E-state index in [1.165, 1.54) is 17.5 Å². The number of fused-ring (bicyclic) bond motifs is 1. The van der Waals surface area contributed by atoms with Crippen LogP contribution in [0.4, 0.5) is 0 Å². The molecule has 0 saturated carbocycles. The maximum atomic E-state index is 11.1. The summed E-state index contributed by atoms with van der Waals surface area (Å²) >= 11 is 0. The Morgan fingerprint density at radius 2 is 1.92 bits per heavy atom. The largest absolute Gasteiger partial charge is 0.418 e. The van der Waals surface area contributed by atoms with Crippen molar-refractivity contribution in [1.82, 2.24) is 0 Å². The summed E-state index contributed by atoms with van der Waals surface area (Å²) in [6, 6.07) is 6.73. The van der Waals surface area contributed by atoms with Crippen LogP contribution in [-0.4, -0.2) is 20.5 Å². The van der Waals surface area contributed by atoms with Gasteiger partial charge in [0.05, 0.1) is 11.7 Å². The summed E-state index contributed by atoms with van der Waals surface area (Å²) in [6.07, 6.45) is 3.87. The Labute approximate surface area is 157 Å². The van der Waals surface area contributed by atoms with Crippen LogP contribution in [0.1, 0.15) is 84.1 Å². The Kier molecular flexibility index (Phi) is 6.56. The molecule has 3 atom stereocenters. The van der Waals surface area contributed by atoms with Gasteiger partial charge in [0, 0.05) is 5.92 Å². The van der Waals surface area contributed by atoms with E-state index in [0.717, 1.165) is 24.8 Å². The molecule has 1 aliphatic carbocycles. The van der Waals surface area contributed by atoms with E-state index in [-0.39, 0.29) is 16.9 Å². The molecule has 0 bridgehead atoms. The summed E-state index contributed by atoms with van der Waals surface area (Å²) in [7, 11) is -0.554. The monoisotopic (exact) mass is 362 g/mol. The molecule has 1 N–H and O–H groups in total. The van der Waals surface area contributed by atoms with Gasteiger partial charge in [-0.15, -0.1) is 0 Å². The van der Waals surface area contributed by atoms with Gasteiger partial charge in [-0.1, -0.05) is 59.2 Å². The number of hydrogen-bond acceptors (Lipinski definition) is 2. The van der Waals surface area contributed by atoms with Crippen LogP contribution in [0.25, 0.3) is 0 Å². The van der Waals surface area contributed by atoms with E-state index in [2.05, 4.69) is 66.7 Å². The molecule has 0 fully saturated rings. The Morgan fingerprint density at radius 1 is 1.24 bits per heavy atom. The molecule has 0 radical (unpaired) electrons. The van der Waals surface area contributed by atoms with E-state index in [0.29, 0.717) is 5.54 Å². The van der Waals surface area contributed by atoms with E-state index < -0.39 is 15.9 Å². The molecule has 0 amide bonds. The van der Waals surface area contributed by atoms with Crippen LogP contribution in [0.15, 0.2) is 18.2 Å². The molecule has 0 spiro atoms. The lowest BCUT2D eigenvalue weighted by molar-refractivity contribution is -0.0391. The average molecular weight is 363 g/mol. The summed E-state index contributed by atoms with van der Waals surface area (Å²) in [4.78, 5) is 0. The van der Waals surface area contributed by atoms with Crippen LogP contribution in [0.5, 0.6) is 0 Å². The summed E-state index contributed by atoms with van der Waals surface area (Å²) in [6.45, 7) is 15.7. The Hall–Kier alpha value is -0.643. The summed E-state index contributed by atoms with van der Waals surface area (Å²) in [5, 5.41) is 11.1. The number of aryl methyl sites for hydroxylation is 1. The maximum absolute atomic E-state index is 11.1. The van der Waals surface area contributed by atoms with Crippen molar-refractivity contribution in [3.05, 3.63) is 34.9 Å². The van der Waals surface area contributed by atoms with Gasteiger partial charge in [-0.2, -0.15) is 0 Å². The third-order valence-corrected chi connectivity index (χ3v) is 7.76. The predicted octanol–water partition coefficient (Wildman–Crippen LogP) is 4.97. The number of aliphatic hydroxyl groups excluding tert-OH is 1. The van der Waals surface area contributed by atoms with Crippen LogP contribution < -0.4 is 0 Å². The van der Waals surface area contributed by atoms with E-state index in [4.69, 9.17) is 4.43 Å². The standard InChI is InChI=1S/C22H38O2Si/c1-8-15(2)25-24-22(6,7)19-12-11-17-10-9-16(14-21(3,4)5)13-18(17)20(19)23/h9-10,13,15,19-20,23H,8,11-12,14,25H2,1-7H3. The molecular formula is C22H38O2Si. The first kappa shape index (κ1) is 20.7. The molecule has 0 aliphatic heterocycles. The lowest BCUT2D eigenvalue weighted by atomic mass is 9.73. The summed E-state index contributed by atoms with van der Waals surface area (Å²) < 4.78 is 6.40. The van der Waals surface area contributed by atoms with Crippen molar-refractivity contribution in [2.45, 2.75) is 91.4 Å². The van der Waals surface area contributed by atoms with E-state index in [9.17, 15) is 5.11 Å². The molecule has 0 heterocycles. The fourth-order valence-electron chi connectivity index (χ4n) is 3.87. The first-order valence-corrected chi connectivity index (χ1v) is 11.4. The second-order valence-corrected chi connectivity index (χ2v) is 11.8. The van der Waals surface area contributed by atoms with Gasteiger partial charge in [0.1, 0.15) is 0 Å². The fourth-order valence-corrected chi connectivity index (χ4v) is 5.03. The molecule has 3 heteroatoms. The van der Waals surface area contributed by atoms with Gasteiger partial charge in [-0.3, -0.25) is 0 Å². The minimum atomic E-state index is -0.554.